The van der Waals surface area contributed by atoms with Crippen molar-refractivity contribution in [2.45, 2.75) is 19.4 Å². The van der Waals surface area contributed by atoms with Gasteiger partial charge in [0.1, 0.15) is 12.4 Å². The summed E-state index contributed by atoms with van der Waals surface area (Å²) in [5.74, 6) is 1.36. The molecule has 1 aliphatic rings. The SMILES string of the molecule is CCOC(=O)c1ccc(OCC2c3cc(OC)c(OC)cc3CCN2C(=O)C=Cc2ccccc2)cc1. The molecular formula is C30H31NO6. The van der Waals surface area contributed by atoms with Crippen LogP contribution in [0.3, 0.4) is 0 Å². The first-order chi connectivity index (χ1) is 18.0. The van der Waals surface area contributed by atoms with Gasteiger partial charge in [-0.3, -0.25) is 4.79 Å². The Labute approximate surface area is 217 Å². The second-order valence-corrected chi connectivity index (χ2v) is 8.50. The number of hydrogen-bond donors (Lipinski definition) is 0. The highest BCUT2D eigenvalue weighted by Gasteiger charge is 2.32. The monoisotopic (exact) mass is 501 g/mol. The maximum atomic E-state index is 13.3. The fourth-order valence-corrected chi connectivity index (χ4v) is 4.38. The number of fused-ring (bicyclic) bond motifs is 1. The lowest BCUT2D eigenvalue weighted by atomic mass is 9.92. The minimum atomic E-state index is -0.377. The normalized spacial score (nSPS) is 14.7. The van der Waals surface area contributed by atoms with Gasteiger partial charge in [-0.05, 0) is 72.5 Å². The number of rotatable bonds is 9. The standard InChI is InChI=1S/C30H31NO6/c1-4-36-30(33)22-11-13-24(14-12-22)37-20-26-25-19-28(35-3)27(34-2)18-23(25)16-17-31(26)29(32)15-10-21-8-6-5-7-9-21/h5-15,18-19,26H,4,16-17,20H2,1-3H3. The fraction of sp³-hybridized carbons (Fsp3) is 0.267. The fourth-order valence-electron chi connectivity index (χ4n) is 4.38. The van der Waals surface area contributed by atoms with E-state index in [1.165, 1.54) is 0 Å². The Kier molecular flexibility index (Phi) is 8.46. The molecule has 1 unspecified atom stereocenters. The van der Waals surface area contributed by atoms with Crippen LogP contribution in [0.1, 0.15) is 40.0 Å². The van der Waals surface area contributed by atoms with Crippen LogP contribution in [0.25, 0.3) is 6.08 Å². The van der Waals surface area contributed by atoms with Crippen LogP contribution in [0.4, 0.5) is 0 Å². The van der Waals surface area contributed by atoms with Gasteiger partial charge in [-0.25, -0.2) is 4.79 Å². The van der Waals surface area contributed by atoms with Crippen molar-refractivity contribution >= 4 is 18.0 Å². The highest BCUT2D eigenvalue weighted by atomic mass is 16.5. The van der Waals surface area contributed by atoms with Crippen molar-refractivity contribution in [1.29, 1.82) is 0 Å². The molecule has 0 saturated heterocycles. The Morgan fingerprint density at radius 2 is 1.68 bits per heavy atom. The van der Waals surface area contributed by atoms with E-state index >= 15 is 0 Å². The second kappa shape index (κ2) is 12.1. The molecule has 0 radical (unpaired) electrons. The summed E-state index contributed by atoms with van der Waals surface area (Å²) in [5, 5.41) is 0. The number of carbonyl (C=O) groups is 2. The van der Waals surface area contributed by atoms with E-state index in [0.29, 0.717) is 42.4 Å². The lowest BCUT2D eigenvalue weighted by Gasteiger charge is -2.37. The molecule has 3 aromatic carbocycles. The first-order valence-electron chi connectivity index (χ1n) is 12.2. The highest BCUT2D eigenvalue weighted by Crippen LogP contribution is 2.38. The summed E-state index contributed by atoms with van der Waals surface area (Å²) in [6, 6.07) is 20.1. The molecule has 37 heavy (non-hydrogen) atoms. The molecular weight excluding hydrogens is 470 g/mol. The number of nitrogens with zero attached hydrogens (tertiary/aromatic N) is 1. The van der Waals surface area contributed by atoms with Crippen molar-refractivity contribution in [3.8, 4) is 17.2 Å². The van der Waals surface area contributed by atoms with E-state index < -0.39 is 0 Å². The molecule has 192 valence electrons. The second-order valence-electron chi connectivity index (χ2n) is 8.50. The van der Waals surface area contributed by atoms with Crippen LogP contribution in [0.2, 0.25) is 0 Å². The zero-order chi connectivity index (χ0) is 26.2. The van der Waals surface area contributed by atoms with Gasteiger partial charge in [-0.1, -0.05) is 30.3 Å². The number of carbonyl (C=O) groups excluding carboxylic acids is 2. The average molecular weight is 502 g/mol. The zero-order valence-corrected chi connectivity index (χ0v) is 21.3. The maximum absolute atomic E-state index is 13.3. The molecule has 0 spiro atoms. The number of hydrogen-bond acceptors (Lipinski definition) is 6. The predicted molar refractivity (Wildman–Crippen MR) is 141 cm³/mol. The Morgan fingerprint density at radius 1 is 0.973 bits per heavy atom. The summed E-state index contributed by atoms with van der Waals surface area (Å²) in [5.41, 5.74) is 3.44. The first kappa shape index (κ1) is 25.8. The molecule has 0 saturated carbocycles. The van der Waals surface area contributed by atoms with E-state index in [0.717, 1.165) is 16.7 Å². The molecule has 1 heterocycles. The highest BCUT2D eigenvalue weighted by molar-refractivity contribution is 5.92. The molecule has 7 nitrogen and oxygen atoms in total. The number of benzene rings is 3. The van der Waals surface area contributed by atoms with Gasteiger partial charge in [0.05, 0.1) is 32.4 Å². The number of esters is 1. The molecule has 7 heteroatoms. The van der Waals surface area contributed by atoms with Gasteiger partial charge in [-0.2, -0.15) is 0 Å². The summed E-state index contributed by atoms with van der Waals surface area (Å²) < 4.78 is 22.2. The predicted octanol–water partition coefficient (Wildman–Crippen LogP) is 5.10. The quantitative estimate of drug-likeness (QED) is 0.300. The lowest BCUT2D eigenvalue weighted by Crippen LogP contribution is -2.41. The van der Waals surface area contributed by atoms with Crippen LogP contribution < -0.4 is 14.2 Å². The zero-order valence-electron chi connectivity index (χ0n) is 21.3. The Morgan fingerprint density at radius 3 is 2.35 bits per heavy atom. The first-order valence-corrected chi connectivity index (χ1v) is 12.2. The maximum Gasteiger partial charge on any atom is 0.338 e. The van der Waals surface area contributed by atoms with Gasteiger partial charge in [-0.15, -0.1) is 0 Å². The van der Waals surface area contributed by atoms with Crippen LogP contribution in [0.15, 0.2) is 72.8 Å². The summed E-state index contributed by atoms with van der Waals surface area (Å²) >= 11 is 0. The molecule has 0 bridgehead atoms. The molecule has 0 aliphatic carbocycles. The Balaban J connectivity index is 1.59. The van der Waals surface area contributed by atoms with E-state index in [-0.39, 0.29) is 24.5 Å². The Hall–Kier alpha value is -4.26. The van der Waals surface area contributed by atoms with Crippen LogP contribution in [0.5, 0.6) is 17.2 Å². The van der Waals surface area contributed by atoms with Crippen molar-refractivity contribution in [2.24, 2.45) is 0 Å². The van der Waals surface area contributed by atoms with Gasteiger partial charge in [0.2, 0.25) is 5.91 Å². The summed E-state index contributed by atoms with van der Waals surface area (Å²) in [7, 11) is 3.20. The number of methoxy groups -OCH3 is 2. The molecule has 1 atom stereocenters. The molecule has 3 aromatic rings. The smallest absolute Gasteiger partial charge is 0.338 e. The van der Waals surface area contributed by atoms with Gasteiger partial charge in [0.15, 0.2) is 11.5 Å². The van der Waals surface area contributed by atoms with Gasteiger partial charge < -0.3 is 23.8 Å². The van der Waals surface area contributed by atoms with Crippen LogP contribution >= 0.6 is 0 Å². The topological polar surface area (TPSA) is 74.3 Å². The van der Waals surface area contributed by atoms with Crippen LogP contribution in [-0.4, -0.2) is 50.8 Å². The Bertz CT molecular complexity index is 1250. The van der Waals surface area contributed by atoms with Crippen molar-refractivity contribution in [3.63, 3.8) is 0 Å². The third kappa shape index (κ3) is 6.12. The molecule has 0 N–H and O–H groups in total. The largest absolute Gasteiger partial charge is 0.493 e. The van der Waals surface area contributed by atoms with Crippen molar-refractivity contribution < 1.29 is 28.5 Å². The number of amides is 1. The van der Waals surface area contributed by atoms with E-state index in [9.17, 15) is 9.59 Å². The molecule has 0 aromatic heterocycles. The van der Waals surface area contributed by atoms with E-state index in [4.69, 9.17) is 18.9 Å². The van der Waals surface area contributed by atoms with E-state index in [2.05, 4.69) is 0 Å². The average Bonchev–Trinajstić information content (AvgIpc) is 2.94. The molecule has 1 aliphatic heterocycles. The summed E-state index contributed by atoms with van der Waals surface area (Å²) in [6.45, 7) is 2.85. The third-order valence-corrected chi connectivity index (χ3v) is 6.28. The summed E-state index contributed by atoms with van der Waals surface area (Å²) in [4.78, 5) is 27.1. The minimum absolute atomic E-state index is 0.101. The molecule has 1 amide bonds. The van der Waals surface area contributed by atoms with E-state index in [1.807, 2.05) is 53.4 Å². The van der Waals surface area contributed by atoms with Crippen molar-refractivity contribution in [2.75, 3.05) is 34.0 Å². The van der Waals surface area contributed by atoms with Gasteiger partial charge >= 0.3 is 5.97 Å². The van der Waals surface area contributed by atoms with Crippen LogP contribution in [0, 0.1) is 0 Å². The summed E-state index contributed by atoms with van der Waals surface area (Å²) in [6.07, 6.45) is 4.10. The molecule has 4 rings (SSSR count). The number of ether oxygens (including phenoxy) is 4. The van der Waals surface area contributed by atoms with Crippen molar-refractivity contribution in [3.05, 3.63) is 95.1 Å². The third-order valence-electron chi connectivity index (χ3n) is 6.28. The van der Waals surface area contributed by atoms with Gasteiger partial charge in [0, 0.05) is 12.6 Å². The minimum Gasteiger partial charge on any atom is -0.493 e. The van der Waals surface area contributed by atoms with E-state index in [1.54, 1.807) is 51.5 Å². The van der Waals surface area contributed by atoms with Crippen LogP contribution in [-0.2, 0) is 16.0 Å². The lowest BCUT2D eigenvalue weighted by molar-refractivity contribution is -0.129. The molecule has 0 fully saturated rings. The van der Waals surface area contributed by atoms with Crippen molar-refractivity contribution in [1.82, 2.24) is 4.90 Å². The van der Waals surface area contributed by atoms with Gasteiger partial charge in [0.25, 0.3) is 0 Å².